The maximum Gasteiger partial charge on any atom is 0.411 e. The zero-order valence-electron chi connectivity index (χ0n) is 15.0. The predicted octanol–water partition coefficient (Wildman–Crippen LogP) is 4.97. The van der Waals surface area contributed by atoms with Crippen molar-refractivity contribution in [2.45, 2.75) is 13.3 Å². The van der Waals surface area contributed by atoms with Gasteiger partial charge in [0.05, 0.1) is 18.3 Å². The number of rotatable bonds is 5. The lowest BCUT2D eigenvalue weighted by Crippen LogP contribution is -2.16. The molecule has 0 aliphatic rings. The molecule has 4 aromatic rings. The first-order valence-electron chi connectivity index (χ1n) is 8.69. The van der Waals surface area contributed by atoms with Gasteiger partial charge >= 0.3 is 6.09 Å². The number of carbonyl (C=O) groups excluding carboxylic acids is 1. The molecule has 0 unspecified atom stereocenters. The first kappa shape index (κ1) is 18.1. The average Bonchev–Trinajstić information content (AvgIpc) is 3.30. The van der Waals surface area contributed by atoms with Crippen molar-refractivity contribution in [3.8, 4) is 11.3 Å². The van der Waals surface area contributed by atoms with Crippen LogP contribution < -0.4 is 5.32 Å². The molecular weight excluding hydrogens is 380 g/mol. The molecule has 7 nitrogen and oxygen atoms in total. The van der Waals surface area contributed by atoms with Crippen molar-refractivity contribution in [3.63, 3.8) is 0 Å². The summed E-state index contributed by atoms with van der Waals surface area (Å²) >= 11 is 6.11. The van der Waals surface area contributed by atoms with E-state index in [9.17, 15) is 4.79 Å². The lowest BCUT2D eigenvalue weighted by molar-refractivity contribution is 0.163. The van der Waals surface area contributed by atoms with Gasteiger partial charge in [-0.1, -0.05) is 35.0 Å². The van der Waals surface area contributed by atoms with Crippen LogP contribution in [0.5, 0.6) is 0 Å². The summed E-state index contributed by atoms with van der Waals surface area (Å²) in [7, 11) is 0. The van der Waals surface area contributed by atoms with Crippen molar-refractivity contribution in [3.05, 3.63) is 64.9 Å². The molecule has 0 saturated carbocycles. The van der Waals surface area contributed by atoms with Crippen molar-refractivity contribution in [1.29, 1.82) is 0 Å². The lowest BCUT2D eigenvalue weighted by atomic mass is 10.1. The number of hydrogen-bond acceptors (Lipinski definition) is 5. The molecule has 0 bridgehead atoms. The zero-order valence-corrected chi connectivity index (χ0v) is 15.8. The molecular formula is C20H17ClN4O3. The van der Waals surface area contributed by atoms with Crippen LogP contribution in [0.25, 0.3) is 22.2 Å². The van der Waals surface area contributed by atoms with Crippen LogP contribution in [-0.4, -0.2) is 28.1 Å². The molecule has 2 aromatic heterocycles. The Balaban J connectivity index is 1.45. The largest absolute Gasteiger partial charge is 0.449 e. The van der Waals surface area contributed by atoms with Gasteiger partial charge in [-0.15, -0.1) is 0 Å². The number of fused-ring (bicyclic) bond motifs is 1. The summed E-state index contributed by atoms with van der Waals surface area (Å²) in [6, 6.07) is 13.1. The van der Waals surface area contributed by atoms with Gasteiger partial charge in [-0.3, -0.25) is 10.4 Å². The summed E-state index contributed by atoms with van der Waals surface area (Å²) in [5.74, 6) is 0.462. The molecule has 0 radical (unpaired) electrons. The standard InChI is InChI=1S/C20H17ClN4O3/c1-12-18(23-20(26)27-9-8-13-4-2-3-5-16(13)21)19(28-25-12)14-6-7-17-15(10-14)11-22-24-17/h2-7,10-11H,8-9H2,1H3,(H,22,24)(H,23,26). The van der Waals surface area contributed by atoms with Gasteiger partial charge in [-0.25, -0.2) is 4.79 Å². The Morgan fingerprint density at radius 2 is 2.14 bits per heavy atom. The van der Waals surface area contributed by atoms with Gasteiger partial charge < -0.3 is 9.26 Å². The quantitative estimate of drug-likeness (QED) is 0.496. The molecule has 4 rings (SSSR count). The Morgan fingerprint density at radius 3 is 3.00 bits per heavy atom. The summed E-state index contributed by atoms with van der Waals surface area (Å²) in [4.78, 5) is 12.2. The van der Waals surface area contributed by atoms with Crippen molar-refractivity contribution >= 4 is 34.3 Å². The van der Waals surface area contributed by atoms with Gasteiger partial charge in [-0.2, -0.15) is 5.10 Å². The Morgan fingerprint density at radius 1 is 1.29 bits per heavy atom. The smallest absolute Gasteiger partial charge is 0.411 e. The molecule has 2 aromatic carbocycles. The minimum absolute atomic E-state index is 0.205. The van der Waals surface area contributed by atoms with E-state index in [1.54, 1.807) is 19.2 Å². The second-order valence-corrected chi connectivity index (χ2v) is 6.65. The molecule has 142 valence electrons. The van der Waals surface area contributed by atoms with Gasteiger partial charge in [0.1, 0.15) is 11.4 Å². The first-order valence-corrected chi connectivity index (χ1v) is 9.06. The third-order valence-electron chi connectivity index (χ3n) is 4.35. The van der Waals surface area contributed by atoms with E-state index in [0.717, 1.165) is 22.0 Å². The van der Waals surface area contributed by atoms with Gasteiger partial charge in [0, 0.05) is 22.4 Å². The summed E-state index contributed by atoms with van der Waals surface area (Å²) in [6.07, 6.45) is 1.67. The molecule has 28 heavy (non-hydrogen) atoms. The molecule has 0 spiro atoms. The van der Waals surface area contributed by atoms with Crippen LogP contribution in [-0.2, 0) is 11.2 Å². The third kappa shape index (κ3) is 3.70. The SMILES string of the molecule is Cc1noc(-c2ccc3[nH]ncc3c2)c1NC(=O)OCCc1ccccc1Cl. The Kier molecular flexibility index (Phi) is 4.99. The number of aryl methyl sites for hydroxylation is 1. The van der Waals surface area contributed by atoms with Crippen LogP contribution in [0.4, 0.5) is 10.5 Å². The van der Waals surface area contributed by atoms with Crippen molar-refractivity contribution < 1.29 is 14.1 Å². The van der Waals surface area contributed by atoms with E-state index in [4.69, 9.17) is 20.9 Å². The van der Waals surface area contributed by atoms with E-state index in [2.05, 4.69) is 20.7 Å². The topological polar surface area (TPSA) is 93.0 Å². The molecule has 8 heteroatoms. The van der Waals surface area contributed by atoms with Gasteiger partial charge in [0.2, 0.25) is 0 Å². The second-order valence-electron chi connectivity index (χ2n) is 6.25. The fourth-order valence-electron chi connectivity index (χ4n) is 2.89. The van der Waals surface area contributed by atoms with Crippen LogP contribution in [0.1, 0.15) is 11.3 Å². The number of amides is 1. The van der Waals surface area contributed by atoms with E-state index in [-0.39, 0.29) is 6.61 Å². The highest BCUT2D eigenvalue weighted by molar-refractivity contribution is 6.31. The van der Waals surface area contributed by atoms with E-state index >= 15 is 0 Å². The number of hydrogen-bond donors (Lipinski definition) is 2. The second kappa shape index (κ2) is 7.74. The zero-order chi connectivity index (χ0) is 19.5. The number of ether oxygens (including phenoxy) is 1. The molecule has 0 fully saturated rings. The van der Waals surface area contributed by atoms with Gasteiger partial charge in [-0.05, 0) is 36.8 Å². The van der Waals surface area contributed by atoms with Crippen LogP contribution in [0, 0.1) is 6.92 Å². The summed E-state index contributed by atoms with van der Waals surface area (Å²) in [6.45, 7) is 1.96. The number of aromatic amines is 1. The molecule has 0 atom stereocenters. The monoisotopic (exact) mass is 396 g/mol. The Hall–Kier alpha value is -3.32. The maximum atomic E-state index is 12.2. The number of nitrogens with one attached hydrogen (secondary N) is 2. The number of carbonyl (C=O) groups is 1. The van der Waals surface area contributed by atoms with Gasteiger partial charge in [0.25, 0.3) is 0 Å². The third-order valence-corrected chi connectivity index (χ3v) is 4.72. The van der Waals surface area contributed by atoms with Crippen LogP contribution >= 0.6 is 11.6 Å². The molecule has 0 aliphatic carbocycles. The first-order chi connectivity index (χ1) is 13.6. The molecule has 1 amide bonds. The number of aromatic nitrogens is 3. The molecule has 2 N–H and O–H groups in total. The van der Waals surface area contributed by atoms with Crippen molar-refractivity contribution in [2.24, 2.45) is 0 Å². The maximum absolute atomic E-state index is 12.2. The number of benzene rings is 2. The Labute approximate surface area is 165 Å². The summed E-state index contributed by atoms with van der Waals surface area (Å²) in [5, 5.41) is 15.2. The van der Waals surface area contributed by atoms with E-state index < -0.39 is 6.09 Å². The molecule has 2 heterocycles. The number of nitrogens with zero attached hydrogens (tertiary/aromatic N) is 2. The minimum Gasteiger partial charge on any atom is -0.449 e. The number of halogens is 1. The van der Waals surface area contributed by atoms with Gasteiger partial charge in [0.15, 0.2) is 5.76 Å². The highest BCUT2D eigenvalue weighted by atomic mass is 35.5. The van der Waals surface area contributed by atoms with Crippen molar-refractivity contribution in [1.82, 2.24) is 15.4 Å². The fourth-order valence-corrected chi connectivity index (χ4v) is 3.12. The van der Waals surface area contributed by atoms with Crippen LogP contribution in [0.15, 0.2) is 53.2 Å². The number of anilines is 1. The highest BCUT2D eigenvalue weighted by Crippen LogP contribution is 2.32. The highest BCUT2D eigenvalue weighted by Gasteiger charge is 2.18. The predicted molar refractivity (Wildman–Crippen MR) is 106 cm³/mol. The lowest BCUT2D eigenvalue weighted by Gasteiger charge is -2.08. The summed E-state index contributed by atoms with van der Waals surface area (Å²) < 4.78 is 10.7. The van der Waals surface area contributed by atoms with Crippen molar-refractivity contribution in [2.75, 3.05) is 11.9 Å². The van der Waals surface area contributed by atoms with Crippen LogP contribution in [0.3, 0.4) is 0 Å². The fraction of sp³-hybridized carbons (Fsp3) is 0.150. The normalized spacial score (nSPS) is 10.9. The molecule has 0 aliphatic heterocycles. The van der Waals surface area contributed by atoms with Crippen LogP contribution in [0.2, 0.25) is 5.02 Å². The molecule has 0 saturated heterocycles. The summed E-state index contributed by atoms with van der Waals surface area (Å²) in [5.41, 5.74) is 3.65. The Bertz CT molecular complexity index is 1140. The van der Waals surface area contributed by atoms with E-state index in [1.165, 1.54) is 0 Å². The minimum atomic E-state index is -0.580. The van der Waals surface area contributed by atoms with E-state index in [0.29, 0.717) is 28.6 Å². The number of H-pyrrole nitrogens is 1. The van der Waals surface area contributed by atoms with E-state index in [1.807, 2.05) is 36.4 Å². The average molecular weight is 397 g/mol.